The van der Waals surface area contributed by atoms with Gasteiger partial charge in [0, 0.05) is 39.1 Å². The fraction of sp³-hybridized carbons (Fsp3) is 0.824. The van der Waals surface area contributed by atoms with Crippen molar-refractivity contribution in [1.82, 2.24) is 30.3 Å². The number of likely N-dealkylation sites (tertiary alicyclic amines) is 1. The van der Waals surface area contributed by atoms with Crippen molar-refractivity contribution in [2.75, 3.05) is 26.7 Å². The van der Waals surface area contributed by atoms with E-state index in [9.17, 15) is 0 Å². The number of hydrogen-bond acceptors (Lipinski definition) is 4. The Kier molecular flexibility index (Phi) is 6.07. The molecule has 0 saturated carbocycles. The zero-order chi connectivity index (χ0) is 16.8. The first-order chi connectivity index (χ1) is 11.8. The lowest BCUT2D eigenvalue weighted by atomic mass is 10.1. The minimum atomic E-state index is 0.511. The van der Waals surface area contributed by atoms with Crippen LogP contribution in [0.2, 0.25) is 0 Å². The molecular formula is C17H31N7. The Hall–Kier alpha value is -1.63. The molecule has 1 fully saturated rings. The van der Waals surface area contributed by atoms with Gasteiger partial charge in [0.15, 0.2) is 11.8 Å². The van der Waals surface area contributed by atoms with Crippen LogP contribution in [0.15, 0.2) is 4.99 Å². The molecule has 3 rings (SSSR count). The van der Waals surface area contributed by atoms with Gasteiger partial charge in [0.1, 0.15) is 5.82 Å². The molecule has 1 aromatic rings. The first kappa shape index (κ1) is 17.2. The molecule has 7 nitrogen and oxygen atoms in total. The number of hydrogen-bond donors (Lipinski definition) is 2. The molecule has 3 heterocycles. The highest BCUT2D eigenvalue weighted by atomic mass is 15.3. The Labute approximate surface area is 144 Å². The Morgan fingerprint density at radius 2 is 2.04 bits per heavy atom. The molecule has 0 aliphatic carbocycles. The van der Waals surface area contributed by atoms with Crippen molar-refractivity contribution in [3.63, 3.8) is 0 Å². The highest BCUT2D eigenvalue weighted by molar-refractivity contribution is 5.79. The number of aliphatic imine (C=N–C) groups is 1. The van der Waals surface area contributed by atoms with Crippen LogP contribution in [0.4, 0.5) is 0 Å². The van der Waals surface area contributed by atoms with Crippen LogP contribution >= 0.6 is 0 Å². The van der Waals surface area contributed by atoms with Gasteiger partial charge in [-0.05, 0) is 38.6 Å². The van der Waals surface area contributed by atoms with Crippen molar-refractivity contribution in [2.24, 2.45) is 4.99 Å². The average molecular weight is 333 g/mol. The minimum absolute atomic E-state index is 0.511. The summed E-state index contributed by atoms with van der Waals surface area (Å²) in [5.41, 5.74) is 0. The molecule has 0 amide bonds. The lowest BCUT2D eigenvalue weighted by molar-refractivity contribution is 0.206. The van der Waals surface area contributed by atoms with Gasteiger partial charge in [-0.3, -0.25) is 4.99 Å². The van der Waals surface area contributed by atoms with Crippen LogP contribution in [-0.2, 0) is 19.5 Å². The van der Waals surface area contributed by atoms with Gasteiger partial charge in [0.05, 0.1) is 6.54 Å². The van der Waals surface area contributed by atoms with Crippen molar-refractivity contribution in [1.29, 1.82) is 0 Å². The first-order valence-electron chi connectivity index (χ1n) is 9.40. The van der Waals surface area contributed by atoms with Crippen molar-refractivity contribution >= 4 is 5.96 Å². The van der Waals surface area contributed by atoms with Gasteiger partial charge in [-0.2, -0.15) is 0 Å². The topological polar surface area (TPSA) is 70.4 Å². The smallest absolute Gasteiger partial charge is 0.191 e. The summed E-state index contributed by atoms with van der Waals surface area (Å²) in [4.78, 5) is 6.92. The van der Waals surface area contributed by atoms with E-state index < -0.39 is 0 Å². The molecule has 0 atom stereocenters. The molecule has 24 heavy (non-hydrogen) atoms. The van der Waals surface area contributed by atoms with E-state index in [1.165, 1.54) is 51.7 Å². The van der Waals surface area contributed by atoms with Crippen LogP contribution in [0.5, 0.6) is 0 Å². The molecule has 0 spiro atoms. The van der Waals surface area contributed by atoms with E-state index in [4.69, 9.17) is 0 Å². The largest absolute Gasteiger partial charge is 0.354 e. The maximum absolute atomic E-state index is 4.37. The zero-order valence-corrected chi connectivity index (χ0v) is 15.1. The maximum Gasteiger partial charge on any atom is 0.191 e. The van der Waals surface area contributed by atoms with Crippen LogP contribution in [0.25, 0.3) is 0 Å². The Morgan fingerprint density at radius 3 is 2.79 bits per heavy atom. The monoisotopic (exact) mass is 333 g/mol. The number of fused-ring (bicyclic) bond motifs is 1. The van der Waals surface area contributed by atoms with Crippen LogP contribution in [0.3, 0.4) is 0 Å². The molecule has 7 heteroatoms. The molecule has 2 aliphatic heterocycles. The van der Waals surface area contributed by atoms with Crippen molar-refractivity contribution < 1.29 is 0 Å². The van der Waals surface area contributed by atoms with E-state index in [2.05, 4.69) is 42.2 Å². The predicted molar refractivity (Wildman–Crippen MR) is 96.0 cm³/mol. The van der Waals surface area contributed by atoms with Gasteiger partial charge in [0.25, 0.3) is 0 Å². The van der Waals surface area contributed by atoms with Crippen molar-refractivity contribution in [2.45, 2.75) is 64.6 Å². The predicted octanol–water partition coefficient (Wildman–Crippen LogP) is 1.15. The standard InChI is InChI=1S/C17H31N7/c1-3-9-23-11-7-14(8-12-23)20-17(18-2)19-13-16-22-21-15-6-4-5-10-24(15)16/h14H,3-13H2,1-2H3,(H2,18,19,20). The second kappa shape index (κ2) is 8.46. The summed E-state index contributed by atoms with van der Waals surface area (Å²) in [7, 11) is 1.83. The second-order valence-corrected chi connectivity index (χ2v) is 6.83. The molecule has 2 N–H and O–H groups in total. The number of nitrogens with zero attached hydrogens (tertiary/aromatic N) is 5. The van der Waals surface area contributed by atoms with E-state index in [-0.39, 0.29) is 0 Å². The molecule has 0 bridgehead atoms. The molecular weight excluding hydrogens is 302 g/mol. The third-order valence-corrected chi connectivity index (χ3v) is 5.04. The first-order valence-corrected chi connectivity index (χ1v) is 9.40. The molecule has 1 saturated heterocycles. The van der Waals surface area contributed by atoms with Gasteiger partial charge in [0.2, 0.25) is 0 Å². The van der Waals surface area contributed by atoms with Gasteiger partial charge >= 0.3 is 0 Å². The second-order valence-electron chi connectivity index (χ2n) is 6.83. The van der Waals surface area contributed by atoms with E-state index >= 15 is 0 Å². The maximum atomic E-state index is 4.37. The number of guanidine groups is 1. The van der Waals surface area contributed by atoms with Gasteiger partial charge in [-0.25, -0.2) is 0 Å². The summed E-state index contributed by atoms with van der Waals surface area (Å²) in [5, 5.41) is 15.6. The summed E-state index contributed by atoms with van der Waals surface area (Å²) >= 11 is 0. The van der Waals surface area contributed by atoms with E-state index in [1.54, 1.807) is 0 Å². The molecule has 134 valence electrons. The third kappa shape index (κ3) is 4.26. The third-order valence-electron chi connectivity index (χ3n) is 5.04. The lowest BCUT2D eigenvalue weighted by Gasteiger charge is -2.32. The highest BCUT2D eigenvalue weighted by Gasteiger charge is 2.20. The molecule has 0 aromatic carbocycles. The number of aryl methyl sites for hydroxylation is 1. The number of piperidine rings is 1. The summed E-state index contributed by atoms with van der Waals surface area (Å²) in [5.74, 6) is 3.02. The summed E-state index contributed by atoms with van der Waals surface area (Å²) in [6.07, 6.45) is 7.11. The van der Waals surface area contributed by atoms with Crippen LogP contribution in [-0.4, -0.2) is 58.3 Å². The normalized spacial score (nSPS) is 20.0. The Bertz CT molecular complexity index is 543. The SMILES string of the molecule is CCCN1CCC(NC(=NC)NCc2nnc3n2CCCC3)CC1. The number of rotatable bonds is 5. The number of aromatic nitrogens is 3. The quantitative estimate of drug-likeness (QED) is 0.625. The molecule has 0 unspecified atom stereocenters. The zero-order valence-electron chi connectivity index (χ0n) is 15.1. The van der Waals surface area contributed by atoms with Gasteiger partial charge < -0.3 is 20.1 Å². The summed E-state index contributed by atoms with van der Waals surface area (Å²) in [6, 6.07) is 0.511. The van der Waals surface area contributed by atoms with Crippen LogP contribution < -0.4 is 10.6 Å². The van der Waals surface area contributed by atoms with Gasteiger partial charge in [-0.1, -0.05) is 6.92 Å². The lowest BCUT2D eigenvalue weighted by Crippen LogP contribution is -2.48. The van der Waals surface area contributed by atoms with Crippen molar-refractivity contribution in [3.05, 3.63) is 11.6 Å². The number of nitrogens with one attached hydrogen (secondary N) is 2. The fourth-order valence-corrected chi connectivity index (χ4v) is 3.67. The molecule has 2 aliphatic rings. The summed E-state index contributed by atoms with van der Waals surface area (Å²) < 4.78 is 2.26. The Morgan fingerprint density at radius 1 is 1.21 bits per heavy atom. The van der Waals surface area contributed by atoms with E-state index in [1.807, 2.05) is 7.05 Å². The highest BCUT2D eigenvalue weighted by Crippen LogP contribution is 2.14. The minimum Gasteiger partial charge on any atom is -0.354 e. The fourth-order valence-electron chi connectivity index (χ4n) is 3.67. The van der Waals surface area contributed by atoms with Crippen LogP contribution in [0.1, 0.15) is 50.7 Å². The molecule has 1 aromatic heterocycles. The summed E-state index contributed by atoms with van der Waals surface area (Å²) in [6.45, 7) is 7.56. The van der Waals surface area contributed by atoms with Crippen LogP contribution in [0, 0.1) is 0 Å². The molecule has 0 radical (unpaired) electrons. The van der Waals surface area contributed by atoms with E-state index in [0.717, 1.165) is 30.6 Å². The van der Waals surface area contributed by atoms with Crippen molar-refractivity contribution in [3.8, 4) is 0 Å². The van der Waals surface area contributed by atoms with Gasteiger partial charge in [-0.15, -0.1) is 10.2 Å². The van der Waals surface area contributed by atoms with E-state index in [0.29, 0.717) is 12.6 Å². The Balaban J connectivity index is 1.47. The average Bonchev–Trinajstić information content (AvgIpc) is 3.03.